The highest BCUT2D eigenvalue weighted by Gasteiger charge is 2.34. The lowest BCUT2D eigenvalue weighted by Gasteiger charge is -2.19. The van der Waals surface area contributed by atoms with E-state index in [1.54, 1.807) is 29.3 Å². The van der Waals surface area contributed by atoms with Crippen molar-refractivity contribution in [2.24, 2.45) is 5.92 Å². The number of anilines is 2. The Morgan fingerprint density at radius 3 is 2.41 bits per heavy atom. The van der Waals surface area contributed by atoms with E-state index in [2.05, 4.69) is 10.4 Å². The molecule has 2 aromatic rings. The van der Waals surface area contributed by atoms with Crippen molar-refractivity contribution in [1.82, 2.24) is 9.78 Å². The molecule has 1 aliphatic heterocycles. The quantitative estimate of drug-likeness (QED) is 0.721. The lowest BCUT2D eigenvalue weighted by atomic mass is 10.2. The SMILES string of the molecule is COc1cc(OC)cc(N2CCC(Nc3cn(CC(C)C)nc3C(F)F)C2=O)c1. The Balaban J connectivity index is 1.80. The number of alkyl halides is 2. The summed E-state index contributed by atoms with van der Waals surface area (Å²) >= 11 is 0. The number of amides is 1. The monoisotopic (exact) mass is 408 g/mol. The Hall–Kier alpha value is -2.84. The van der Waals surface area contributed by atoms with Crippen LogP contribution >= 0.6 is 0 Å². The van der Waals surface area contributed by atoms with Crippen LogP contribution in [-0.4, -0.2) is 42.5 Å². The van der Waals surface area contributed by atoms with Gasteiger partial charge in [0, 0.05) is 37.5 Å². The highest BCUT2D eigenvalue weighted by atomic mass is 19.3. The maximum atomic E-state index is 13.4. The van der Waals surface area contributed by atoms with Crippen LogP contribution in [-0.2, 0) is 11.3 Å². The summed E-state index contributed by atoms with van der Waals surface area (Å²) in [4.78, 5) is 14.5. The molecule has 1 unspecified atom stereocenters. The van der Waals surface area contributed by atoms with Gasteiger partial charge >= 0.3 is 0 Å². The first kappa shape index (κ1) is 20.9. The summed E-state index contributed by atoms with van der Waals surface area (Å²) in [5.41, 5.74) is 0.504. The number of nitrogens with zero attached hydrogens (tertiary/aromatic N) is 3. The van der Waals surface area contributed by atoms with Gasteiger partial charge in [0.1, 0.15) is 17.5 Å². The summed E-state index contributed by atoms with van der Waals surface area (Å²) in [7, 11) is 3.07. The van der Waals surface area contributed by atoms with Gasteiger partial charge in [-0.15, -0.1) is 0 Å². The fourth-order valence-corrected chi connectivity index (χ4v) is 3.38. The van der Waals surface area contributed by atoms with Crippen LogP contribution < -0.4 is 19.7 Å². The highest BCUT2D eigenvalue weighted by molar-refractivity contribution is 6.01. The standard InChI is InChI=1S/C20H26F2N4O3/c1-12(2)10-25-11-17(18(24-25)19(21)22)23-16-5-6-26(20(16)27)13-7-14(28-3)9-15(8-13)29-4/h7-9,11-12,16,19,23H,5-6,10H2,1-4H3. The molecule has 1 fully saturated rings. The lowest BCUT2D eigenvalue weighted by molar-refractivity contribution is -0.117. The molecule has 29 heavy (non-hydrogen) atoms. The molecule has 3 rings (SSSR count). The number of methoxy groups -OCH3 is 2. The van der Waals surface area contributed by atoms with Gasteiger partial charge in [0.05, 0.1) is 25.6 Å². The number of benzene rings is 1. The molecule has 9 heteroatoms. The zero-order chi connectivity index (χ0) is 21.1. The number of carbonyl (C=O) groups excluding carboxylic acids is 1. The van der Waals surface area contributed by atoms with Crippen molar-refractivity contribution in [3.63, 3.8) is 0 Å². The minimum atomic E-state index is -2.72. The highest BCUT2D eigenvalue weighted by Crippen LogP contribution is 2.33. The molecule has 158 valence electrons. The first-order chi connectivity index (χ1) is 13.8. The van der Waals surface area contributed by atoms with Crippen molar-refractivity contribution >= 4 is 17.3 Å². The average Bonchev–Trinajstić information content (AvgIpc) is 3.24. The molecule has 7 nitrogen and oxygen atoms in total. The normalized spacial score (nSPS) is 16.8. The smallest absolute Gasteiger partial charge is 0.284 e. The summed E-state index contributed by atoms with van der Waals surface area (Å²) in [6.07, 6.45) is -0.691. The number of ether oxygens (including phenoxy) is 2. The molecule has 1 saturated heterocycles. The van der Waals surface area contributed by atoms with Crippen LogP contribution in [0.3, 0.4) is 0 Å². The van der Waals surface area contributed by atoms with E-state index in [4.69, 9.17) is 9.47 Å². The van der Waals surface area contributed by atoms with Crippen LogP contribution in [0.2, 0.25) is 0 Å². The molecule has 0 bridgehead atoms. The number of hydrogen-bond acceptors (Lipinski definition) is 5. The summed E-state index contributed by atoms with van der Waals surface area (Å²) in [6, 6.07) is 4.60. The van der Waals surface area contributed by atoms with Gasteiger partial charge in [-0.25, -0.2) is 8.78 Å². The lowest BCUT2D eigenvalue weighted by Crippen LogP contribution is -2.33. The van der Waals surface area contributed by atoms with Crippen LogP contribution in [0.4, 0.5) is 20.2 Å². The van der Waals surface area contributed by atoms with Crippen molar-refractivity contribution in [3.05, 3.63) is 30.1 Å². The van der Waals surface area contributed by atoms with Crippen LogP contribution in [0.25, 0.3) is 0 Å². The third kappa shape index (κ3) is 4.60. The molecule has 1 N–H and O–H groups in total. The molecular formula is C20H26F2N4O3. The number of halogens is 2. The molecule has 0 radical (unpaired) electrons. The van der Waals surface area contributed by atoms with Crippen LogP contribution in [0.1, 0.15) is 32.4 Å². The molecule has 1 aliphatic rings. The number of nitrogens with one attached hydrogen (secondary N) is 1. The second-order valence-electron chi connectivity index (χ2n) is 7.39. The number of aromatic nitrogens is 2. The predicted molar refractivity (Wildman–Crippen MR) is 106 cm³/mol. The van der Waals surface area contributed by atoms with E-state index >= 15 is 0 Å². The van der Waals surface area contributed by atoms with E-state index in [0.29, 0.717) is 36.7 Å². The van der Waals surface area contributed by atoms with Crippen molar-refractivity contribution in [1.29, 1.82) is 0 Å². The van der Waals surface area contributed by atoms with Crippen molar-refractivity contribution in [2.75, 3.05) is 31.0 Å². The molecule has 1 aromatic heterocycles. The fraction of sp³-hybridized carbons (Fsp3) is 0.500. The van der Waals surface area contributed by atoms with Gasteiger partial charge in [0.25, 0.3) is 6.43 Å². The predicted octanol–water partition coefficient (Wildman–Crippen LogP) is 3.71. The maximum absolute atomic E-state index is 13.4. The van der Waals surface area contributed by atoms with Crippen LogP contribution in [0.15, 0.2) is 24.4 Å². The maximum Gasteiger partial charge on any atom is 0.284 e. The van der Waals surface area contributed by atoms with E-state index in [0.717, 1.165) is 0 Å². The minimum absolute atomic E-state index is 0.197. The second-order valence-corrected chi connectivity index (χ2v) is 7.39. The Labute approximate surface area is 168 Å². The summed E-state index contributed by atoms with van der Waals surface area (Å²) in [5.74, 6) is 1.20. The van der Waals surface area contributed by atoms with E-state index < -0.39 is 12.5 Å². The third-order valence-electron chi connectivity index (χ3n) is 4.73. The minimum Gasteiger partial charge on any atom is -0.497 e. The molecule has 1 amide bonds. The summed E-state index contributed by atoms with van der Waals surface area (Å²) in [6.45, 7) is 4.95. The number of rotatable bonds is 8. The van der Waals surface area contributed by atoms with E-state index in [-0.39, 0.29) is 23.2 Å². The van der Waals surface area contributed by atoms with Gasteiger partial charge in [0.15, 0.2) is 5.69 Å². The van der Waals surface area contributed by atoms with E-state index in [1.807, 2.05) is 13.8 Å². The van der Waals surface area contributed by atoms with Gasteiger partial charge in [-0.2, -0.15) is 5.10 Å². The van der Waals surface area contributed by atoms with Gasteiger partial charge in [-0.05, 0) is 12.3 Å². The summed E-state index contributed by atoms with van der Waals surface area (Å²) in [5, 5.41) is 6.96. The first-order valence-corrected chi connectivity index (χ1v) is 9.48. The van der Waals surface area contributed by atoms with Crippen molar-refractivity contribution in [2.45, 2.75) is 39.3 Å². The Kier molecular flexibility index (Phi) is 6.24. The summed E-state index contributed by atoms with van der Waals surface area (Å²) < 4.78 is 38.9. The molecule has 1 atom stereocenters. The number of carbonyl (C=O) groups is 1. The zero-order valence-corrected chi connectivity index (χ0v) is 17.0. The molecule has 1 aromatic carbocycles. The first-order valence-electron chi connectivity index (χ1n) is 9.48. The molecule has 0 aliphatic carbocycles. The van der Waals surface area contributed by atoms with Gasteiger partial charge < -0.3 is 19.7 Å². The molecule has 0 saturated carbocycles. The van der Waals surface area contributed by atoms with Crippen molar-refractivity contribution in [3.8, 4) is 11.5 Å². The molecule has 2 heterocycles. The van der Waals surface area contributed by atoms with Crippen LogP contribution in [0, 0.1) is 5.92 Å². The Morgan fingerprint density at radius 2 is 1.86 bits per heavy atom. The van der Waals surface area contributed by atoms with Gasteiger partial charge in [-0.3, -0.25) is 9.48 Å². The second kappa shape index (κ2) is 8.67. The van der Waals surface area contributed by atoms with E-state index in [9.17, 15) is 13.6 Å². The van der Waals surface area contributed by atoms with Gasteiger partial charge in [0.2, 0.25) is 5.91 Å². The Morgan fingerprint density at radius 1 is 1.21 bits per heavy atom. The fourth-order valence-electron chi connectivity index (χ4n) is 3.38. The average molecular weight is 408 g/mol. The Bertz CT molecular complexity index is 847. The topological polar surface area (TPSA) is 68.6 Å². The van der Waals surface area contributed by atoms with Crippen LogP contribution in [0.5, 0.6) is 11.5 Å². The van der Waals surface area contributed by atoms with E-state index in [1.165, 1.54) is 18.9 Å². The molecular weight excluding hydrogens is 382 g/mol. The zero-order valence-electron chi connectivity index (χ0n) is 17.0. The largest absolute Gasteiger partial charge is 0.497 e. The third-order valence-corrected chi connectivity index (χ3v) is 4.73. The number of hydrogen-bond donors (Lipinski definition) is 1. The van der Waals surface area contributed by atoms with Crippen molar-refractivity contribution < 1.29 is 23.0 Å². The van der Waals surface area contributed by atoms with Gasteiger partial charge in [-0.1, -0.05) is 13.8 Å². The molecule has 0 spiro atoms.